The van der Waals surface area contributed by atoms with E-state index in [1.165, 1.54) is 12.8 Å². The van der Waals surface area contributed by atoms with E-state index < -0.39 is 0 Å². The molecule has 1 heterocycles. The van der Waals surface area contributed by atoms with Gasteiger partial charge in [-0.25, -0.2) is 4.98 Å². The molecule has 0 unspecified atom stereocenters. The molecule has 1 saturated carbocycles. The van der Waals surface area contributed by atoms with Crippen molar-refractivity contribution in [1.29, 1.82) is 0 Å². The second kappa shape index (κ2) is 6.41. The highest BCUT2D eigenvalue weighted by Gasteiger charge is 2.21. The van der Waals surface area contributed by atoms with Gasteiger partial charge in [0.1, 0.15) is 5.82 Å². The molecule has 4 nitrogen and oxygen atoms in total. The van der Waals surface area contributed by atoms with Crippen molar-refractivity contribution in [2.75, 3.05) is 31.7 Å². The number of fused-ring (bicyclic) bond motifs is 1. The van der Waals surface area contributed by atoms with E-state index >= 15 is 0 Å². The molecule has 0 atom stereocenters. The van der Waals surface area contributed by atoms with Crippen molar-refractivity contribution in [3.63, 3.8) is 0 Å². The Balaban J connectivity index is 1.73. The van der Waals surface area contributed by atoms with Crippen molar-refractivity contribution >= 4 is 16.6 Å². The van der Waals surface area contributed by atoms with E-state index in [1.807, 2.05) is 25.2 Å². The molecule has 0 aliphatic heterocycles. The molecule has 1 aromatic carbocycles. The van der Waals surface area contributed by atoms with Crippen molar-refractivity contribution in [3.05, 3.63) is 36.0 Å². The molecule has 1 aliphatic carbocycles. The van der Waals surface area contributed by atoms with Gasteiger partial charge in [0.05, 0.1) is 18.9 Å². The van der Waals surface area contributed by atoms with E-state index in [0.717, 1.165) is 35.7 Å². The third-order valence-electron chi connectivity index (χ3n) is 3.92. The van der Waals surface area contributed by atoms with E-state index in [-0.39, 0.29) is 6.61 Å². The molecular formula is C17H22N2O2. The van der Waals surface area contributed by atoms with Gasteiger partial charge in [0, 0.05) is 25.6 Å². The third-order valence-corrected chi connectivity index (χ3v) is 3.92. The Hall–Kier alpha value is -1.65. The highest BCUT2D eigenvalue weighted by Crippen LogP contribution is 2.29. The van der Waals surface area contributed by atoms with Crippen LogP contribution in [0.4, 0.5) is 5.82 Å². The Kier molecular flexibility index (Phi) is 4.36. The fourth-order valence-corrected chi connectivity index (χ4v) is 2.45. The zero-order valence-electron chi connectivity index (χ0n) is 12.5. The highest BCUT2D eigenvalue weighted by atomic mass is 16.5. The van der Waals surface area contributed by atoms with Crippen molar-refractivity contribution in [1.82, 2.24) is 4.98 Å². The summed E-state index contributed by atoms with van der Waals surface area (Å²) in [6.45, 7) is 2.37. The quantitative estimate of drug-likeness (QED) is 0.795. The van der Waals surface area contributed by atoms with Crippen LogP contribution in [0.5, 0.6) is 0 Å². The Labute approximate surface area is 125 Å². The lowest BCUT2D eigenvalue weighted by Gasteiger charge is -2.21. The van der Waals surface area contributed by atoms with Crippen LogP contribution < -0.4 is 4.90 Å². The molecule has 0 radical (unpaired) electrons. The van der Waals surface area contributed by atoms with Gasteiger partial charge >= 0.3 is 0 Å². The Morgan fingerprint density at radius 2 is 2.14 bits per heavy atom. The van der Waals surface area contributed by atoms with E-state index in [9.17, 15) is 5.11 Å². The standard InChI is InChI=1S/C17H22N2O2/c1-19(8-9-21-12-13-6-7-13)17-16-5-3-2-4-14(16)10-15(11-20)18-17/h2-5,10,13,20H,6-9,11-12H2,1H3. The predicted molar refractivity (Wildman–Crippen MR) is 84.5 cm³/mol. The molecule has 0 bridgehead atoms. The minimum absolute atomic E-state index is 0.0378. The first-order valence-corrected chi connectivity index (χ1v) is 7.56. The topological polar surface area (TPSA) is 45.6 Å². The van der Waals surface area contributed by atoms with Crippen molar-refractivity contribution in [2.24, 2.45) is 5.92 Å². The lowest BCUT2D eigenvalue weighted by atomic mass is 10.1. The summed E-state index contributed by atoms with van der Waals surface area (Å²) in [5, 5.41) is 11.6. The molecule has 3 rings (SSSR count). The molecule has 1 aliphatic rings. The number of benzene rings is 1. The zero-order chi connectivity index (χ0) is 14.7. The van der Waals surface area contributed by atoms with Gasteiger partial charge in [-0.15, -0.1) is 0 Å². The molecule has 1 aromatic heterocycles. The Morgan fingerprint density at radius 3 is 2.90 bits per heavy atom. The molecule has 1 N–H and O–H groups in total. The molecular weight excluding hydrogens is 264 g/mol. The van der Waals surface area contributed by atoms with Gasteiger partial charge in [-0.1, -0.05) is 24.3 Å². The Morgan fingerprint density at radius 1 is 1.33 bits per heavy atom. The van der Waals surface area contributed by atoms with Gasteiger partial charge in [-0.3, -0.25) is 0 Å². The SMILES string of the molecule is CN(CCOCC1CC1)c1nc(CO)cc2ccccc12. The molecule has 0 saturated heterocycles. The third kappa shape index (κ3) is 3.52. The number of ether oxygens (including phenoxy) is 1. The summed E-state index contributed by atoms with van der Waals surface area (Å²) in [5.41, 5.74) is 0.703. The number of likely N-dealkylation sites (N-methyl/N-ethyl adjacent to an activating group) is 1. The molecule has 0 spiro atoms. The number of aromatic nitrogens is 1. The van der Waals surface area contributed by atoms with Crippen LogP contribution in [0.25, 0.3) is 10.8 Å². The summed E-state index contributed by atoms with van der Waals surface area (Å²) < 4.78 is 5.70. The number of anilines is 1. The maximum Gasteiger partial charge on any atom is 0.136 e. The van der Waals surface area contributed by atoms with E-state index in [4.69, 9.17) is 4.74 Å². The van der Waals surface area contributed by atoms with Crippen molar-refractivity contribution in [2.45, 2.75) is 19.4 Å². The number of nitrogens with zero attached hydrogens (tertiary/aromatic N) is 2. The van der Waals surface area contributed by atoms with Crippen molar-refractivity contribution < 1.29 is 9.84 Å². The second-order valence-electron chi connectivity index (χ2n) is 5.76. The average molecular weight is 286 g/mol. The number of pyridine rings is 1. The van der Waals surface area contributed by atoms with Crippen LogP contribution in [0, 0.1) is 5.92 Å². The fraction of sp³-hybridized carbons (Fsp3) is 0.471. The molecule has 21 heavy (non-hydrogen) atoms. The second-order valence-corrected chi connectivity index (χ2v) is 5.76. The van der Waals surface area contributed by atoms with E-state index in [2.05, 4.69) is 22.0 Å². The number of hydrogen-bond donors (Lipinski definition) is 1. The number of rotatable bonds is 7. The van der Waals surface area contributed by atoms with E-state index in [0.29, 0.717) is 12.3 Å². The largest absolute Gasteiger partial charge is 0.390 e. The van der Waals surface area contributed by atoms with Gasteiger partial charge in [0.2, 0.25) is 0 Å². The fourth-order valence-electron chi connectivity index (χ4n) is 2.45. The first-order chi connectivity index (χ1) is 10.3. The van der Waals surface area contributed by atoms with Crippen LogP contribution >= 0.6 is 0 Å². The molecule has 4 heteroatoms. The number of hydrogen-bond acceptors (Lipinski definition) is 4. The summed E-state index contributed by atoms with van der Waals surface area (Å²) >= 11 is 0. The van der Waals surface area contributed by atoms with Gasteiger partial charge in [0.15, 0.2) is 0 Å². The lowest BCUT2D eigenvalue weighted by Crippen LogP contribution is -2.24. The summed E-state index contributed by atoms with van der Waals surface area (Å²) in [7, 11) is 2.02. The minimum Gasteiger partial charge on any atom is -0.390 e. The van der Waals surface area contributed by atoms with Crippen LogP contribution in [-0.2, 0) is 11.3 Å². The first kappa shape index (κ1) is 14.3. The lowest BCUT2D eigenvalue weighted by molar-refractivity contribution is 0.131. The normalized spacial score (nSPS) is 14.6. The average Bonchev–Trinajstić information content (AvgIpc) is 3.34. The number of aliphatic hydroxyl groups excluding tert-OH is 1. The van der Waals surface area contributed by atoms with E-state index in [1.54, 1.807) is 0 Å². The van der Waals surface area contributed by atoms with Crippen molar-refractivity contribution in [3.8, 4) is 0 Å². The van der Waals surface area contributed by atoms with Crippen LogP contribution in [-0.4, -0.2) is 36.9 Å². The maximum absolute atomic E-state index is 9.38. The van der Waals surface area contributed by atoms with Crippen LogP contribution in [0.1, 0.15) is 18.5 Å². The monoisotopic (exact) mass is 286 g/mol. The van der Waals surface area contributed by atoms with Gasteiger partial charge in [-0.2, -0.15) is 0 Å². The molecule has 2 aromatic rings. The first-order valence-electron chi connectivity index (χ1n) is 7.56. The smallest absolute Gasteiger partial charge is 0.136 e. The molecule has 0 amide bonds. The summed E-state index contributed by atoms with van der Waals surface area (Å²) in [6.07, 6.45) is 2.64. The van der Waals surface area contributed by atoms with Gasteiger partial charge in [0.25, 0.3) is 0 Å². The zero-order valence-corrected chi connectivity index (χ0v) is 12.5. The number of aliphatic hydroxyl groups is 1. The van der Waals surface area contributed by atoms with Crippen LogP contribution in [0.3, 0.4) is 0 Å². The molecule has 112 valence electrons. The Bertz CT molecular complexity index is 611. The van der Waals surface area contributed by atoms with Crippen LogP contribution in [0.2, 0.25) is 0 Å². The minimum atomic E-state index is -0.0378. The maximum atomic E-state index is 9.38. The predicted octanol–water partition coefficient (Wildman–Crippen LogP) is 2.59. The summed E-state index contributed by atoms with van der Waals surface area (Å²) in [6, 6.07) is 10.1. The van der Waals surface area contributed by atoms with Crippen LogP contribution in [0.15, 0.2) is 30.3 Å². The van der Waals surface area contributed by atoms with Gasteiger partial charge in [-0.05, 0) is 30.2 Å². The summed E-state index contributed by atoms with van der Waals surface area (Å²) in [4.78, 5) is 6.67. The highest BCUT2D eigenvalue weighted by molar-refractivity contribution is 5.92. The molecule has 1 fully saturated rings. The van der Waals surface area contributed by atoms with Gasteiger partial charge < -0.3 is 14.7 Å². The summed E-state index contributed by atoms with van der Waals surface area (Å²) in [5.74, 6) is 1.71.